The monoisotopic (exact) mass is 264 g/mol. The lowest BCUT2D eigenvalue weighted by Crippen LogP contribution is -2.41. The number of benzene rings is 1. The van der Waals surface area contributed by atoms with Crippen LogP contribution >= 0.6 is 0 Å². The molecule has 3 nitrogen and oxygen atoms in total. The summed E-state index contributed by atoms with van der Waals surface area (Å²) in [6.45, 7) is 2.54. The van der Waals surface area contributed by atoms with E-state index in [-0.39, 0.29) is 11.7 Å². The molecule has 19 heavy (non-hydrogen) atoms. The van der Waals surface area contributed by atoms with E-state index in [4.69, 9.17) is 0 Å². The zero-order valence-corrected chi connectivity index (χ0v) is 11.3. The summed E-state index contributed by atoms with van der Waals surface area (Å²) in [5.41, 5.74) is 0.630. The van der Waals surface area contributed by atoms with Gasteiger partial charge in [-0.15, -0.1) is 0 Å². The SMILES string of the molecule is CC1CCCCC1NCC(=O)Nc1ccc(F)cc1. The highest BCUT2D eigenvalue weighted by molar-refractivity contribution is 5.92. The van der Waals surface area contributed by atoms with E-state index in [0.717, 1.165) is 6.42 Å². The molecule has 1 aliphatic carbocycles. The van der Waals surface area contributed by atoms with Crippen LogP contribution in [0.25, 0.3) is 0 Å². The van der Waals surface area contributed by atoms with Crippen molar-refractivity contribution in [3.05, 3.63) is 30.1 Å². The second kappa shape index (κ2) is 6.66. The van der Waals surface area contributed by atoms with Gasteiger partial charge in [-0.3, -0.25) is 4.79 Å². The predicted molar refractivity (Wildman–Crippen MR) is 74.5 cm³/mol. The largest absolute Gasteiger partial charge is 0.325 e. The molecule has 1 aliphatic rings. The van der Waals surface area contributed by atoms with Crippen LogP contribution in [-0.4, -0.2) is 18.5 Å². The van der Waals surface area contributed by atoms with Crippen molar-refractivity contribution in [3.8, 4) is 0 Å². The average molecular weight is 264 g/mol. The predicted octanol–water partition coefficient (Wildman–Crippen LogP) is 2.93. The van der Waals surface area contributed by atoms with E-state index in [0.29, 0.717) is 24.2 Å². The number of hydrogen-bond donors (Lipinski definition) is 2. The lowest BCUT2D eigenvalue weighted by molar-refractivity contribution is -0.115. The maximum absolute atomic E-state index is 12.7. The Hall–Kier alpha value is -1.42. The number of carbonyl (C=O) groups is 1. The van der Waals surface area contributed by atoms with E-state index in [9.17, 15) is 9.18 Å². The fraction of sp³-hybridized carbons (Fsp3) is 0.533. The maximum Gasteiger partial charge on any atom is 0.238 e. The van der Waals surface area contributed by atoms with E-state index in [1.54, 1.807) is 12.1 Å². The Balaban J connectivity index is 1.76. The summed E-state index contributed by atoms with van der Waals surface area (Å²) in [4.78, 5) is 11.8. The number of hydrogen-bond acceptors (Lipinski definition) is 2. The molecule has 1 amide bonds. The molecule has 0 aromatic heterocycles. The van der Waals surface area contributed by atoms with E-state index >= 15 is 0 Å². The molecule has 1 aromatic rings. The zero-order chi connectivity index (χ0) is 13.7. The van der Waals surface area contributed by atoms with Gasteiger partial charge in [-0.2, -0.15) is 0 Å². The lowest BCUT2D eigenvalue weighted by atomic mass is 9.86. The summed E-state index contributed by atoms with van der Waals surface area (Å²) >= 11 is 0. The fourth-order valence-corrected chi connectivity index (χ4v) is 2.58. The molecule has 0 spiro atoms. The molecule has 1 saturated carbocycles. The number of anilines is 1. The van der Waals surface area contributed by atoms with Gasteiger partial charge in [0.2, 0.25) is 5.91 Å². The third kappa shape index (κ3) is 4.31. The maximum atomic E-state index is 12.7. The standard InChI is InChI=1S/C15H21FN2O/c1-11-4-2-3-5-14(11)17-10-15(19)18-13-8-6-12(16)7-9-13/h6-9,11,14,17H,2-5,10H2,1H3,(H,18,19). The molecule has 1 fully saturated rings. The first-order chi connectivity index (χ1) is 9.15. The van der Waals surface area contributed by atoms with Crippen LogP contribution < -0.4 is 10.6 Å². The smallest absolute Gasteiger partial charge is 0.238 e. The van der Waals surface area contributed by atoms with Crippen molar-refractivity contribution in [2.75, 3.05) is 11.9 Å². The second-order valence-electron chi connectivity index (χ2n) is 5.30. The summed E-state index contributed by atoms with van der Waals surface area (Å²) in [5, 5.41) is 6.07. The summed E-state index contributed by atoms with van der Waals surface area (Å²) in [6, 6.07) is 6.25. The highest BCUT2D eigenvalue weighted by Crippen LogP contribution is 2.23. The van der Waals surface area contributed by atoms with Gasteiger partial charge in [0.15, 0.2) is 0 Å². The Kier molecular flexibility index (Phi) is 4.91. The van der Waals surface area contributed by atoms with Crippen molar-refractivity contribution >= 4 is 11.6 Å². The van der Waals surface area contributed by atoms with Crippen molar-refractivity contribution in [2.24, 2.45) is 5.92 Å². The minimum atomic E-state index is -0.299. The first-order valence-electron chi connectivity index (χ1n) is 6.94. The summed E-state index contributed by atoms with van der Waals surface area (Å²) < 4.78 is 12.7. The van der Waals surface area contributed by atoms with Crippen molar-refractivity contribution in [1.82, 2.24) is 5.32 Å². The highest BCUT2D eigenvalue weighted by Gasteiger charge is 2.21. The lowest BCUT2D eigenvalue weighted by Gasteiger charge is -2.29. The van der Waals surface area contributed by atoms with Gasteiger partial charge < -0.3 is 10.6 Å². The molecule has 0 radical (unpaired) electrons. The van der Waals surface area contributed by atoms with Crippen molar-refractivity contribution in [3.63, 3.8) is 0 Å². The van der Waals surface area contributed by atoms with Crippen LogP contribution in [0.2, 0.25) is 0 Å². The minimum Gasteiger partial charge on any atom is -0.325 e. The van der Waals surface area contributed by atoms with Gasteiger partial charge in [-0.1, -0.05) is 19.8 Å². The van der Waals surface area contributed by atoms with Gasteiger partial charge in [0.25, 0.3) is 0 Å². The molecule has 1 aromatic carbocycles. The van der Waals surface area contributed by atoms with Crippen LogP contribution in [0, 0.1) is 11.7 Å². The number of nitrogens with one attached hydrogen (secondary N) is 2. The van der Waals surface area contributed by atoms with Crippen LogP contribution in [0.15, 0.2) is 24.3 Å². The van der Waals surface area contributed by atoms with E-state index in [1.165, 1.54) is 31.4 Å². The summed E-state index contributed by atoms with van der Waals surface area (Å²) in [5.74, 6) is 0.254. The van der Waals surface area contributed by atoms with Gasteiger partial charge in [0, 0.05) is 11.7 Å². The Morgan fingerprint density at radius 3 is 2.63 bits per heavy atom. The number of rotatable bonds is 4. The van der Waals surface area contributed by atoms with Gasteiger partial charge in [0.1, 0.15) is 5.82 Å². The van der Waals surface area contributed by atoms with E-state index in [2.05, 4.69) is 17.6 Å². The van der Waals surface area contributed by atoms with Crippen molar-refractivity contribution < 1.29 is 9.18 Å². The minimum absolute atomic E-state index is 0.0793. The molecule has 2 N–H and O–H groups in total. The first kappa shape index (κ1) is 14.0. The molecular weight excluding hydrogens is 243 g/mol. The molecule has 0 heterocycles. The third-order valence-corrected chi connectivity index (χ3v) is 3.76. The van der Waals surface area contributed by atoms with Crippen molar-refractivity contribution in [2.45, 2.75) is 38.6 Å². The molecule has 2 rings (SSSR count). The highest BCUT2D eigenvalue weighted by atomic mass is 19.1. The molecule has 2 atom stereocenters. The Labute approximate surface area is 113 Å². The van der Waals surface area contributed by atoms with Crippen LogP contribution in [0.1, 0.15) is 32.6 Å². The van der Waals surface area contributed by atoms with Crippen LogP contribution in [-0.2, 0) is 4.79 Å². The van der Waals surface area contributed by atoms with Gasteiger partial charge >= 0.3 is 0 Å². The quantitative estimate of drug-likeness (QED) is 0.878. The van der Waals surface area contributed by atoms with Crippen LogP contribution in [0.5, 0.6) is 0 Å². The number of carbonyl (C=O) groups excluding carboxylic acids is 1. The zero-order valence-electron chi connectivity index (χ0n) is 11.3. The summed E-state index contributed by atoms with van der Waals surface area (Å²) in [7, 11) is 0. The average Bonchev–Trinajstić information content (AvgIpc) is 2.40. The van der Waals surface area contributed by atoms with Gasteiger partial charge in [0.05, 0.1) is 6.54 Å². The topological polar surface area (TPSA) is 41.1 Å². The Morgan fingerprint density at radius 1 is 1.26 bits per heavy atom. The Morgan fingerprint density at radius 2 is 1.95 bits per heavy atom. The molecular formula is C15H21FN2O. The molecule has 2 unspecified atom stereocenters. The number of halogens is 1. The van der Waals surface area contributed by atoms with E-state index < -0.39 is 0 Å². The van der Waals surface area contributed by atoms with Crippen LogP contribution in [0.4, 0.5) is 10.1 Å². The fourth-order valence-electron chi connectivity index (χ4n) is 2.58. The molecule has 0 saturated heterocycles. The molecule has 4 heteroatoms. The van der Waals surface area contributed by atoms with Gasteiger partial charge in [-0.05, 0) is 43.0 Å². The first-order valence-corrected chi connectivity index (χ1v) is 6.94. The van der Waals surface area contributed by atoms with E-state index in [1.807, 2.05) is 0 Å². The molecule has 0 aliphatic heterocycles. The van der Waals surface area contributed by atoms with Crippen molar-refractivity contribution in [1.29, 1.82) is 0 Å². The number of amides is 1. The second-order valence-corrected chi connectivity index (χ2v) is 5.30. The molecule has 104 valence electrons. The Bertz CT molecular complexity index is 419. The van der Waals surface area contributed by atoms with Crippen LogP contribution in [0.3, 0.4) is 0 Å². The summed E-state index contributed by atoms with van der Waals surface area (Å²) in [6.07, 6.45) is 4.91. The van der Waals surface area contributed by atoms with Gasteiger partial charge in [-0.25, -0.2) is 4.39 Å². The molecule has 0 bridgehead atoms. The third-order valence-electron chi connectivity index (χ3n) is 3.76. The normalized spacial score (nSPS) is 23.1.